The van der Waals surface area contributed by atoms with Crippen LogP contribution in [-0.2, 0) is 13.6 Å². The monoisotopic (exact) mass is 331 g/mol. The van der Waals surface area contributed by atoms with Crippen LogP contribution in [0.15, 0.2) is 24.5 Å². The van der Waals surface area contributed by atoms with Crippen molar-refractivity contribution >= 4 is 0 Å². The Hall–Kier alpha value is -2.21. The van der Waals surface area contributed by atoms with E-state index in [9.17, 15) is 0 Å². The summed E-state index contributed by atoms with van der Waals surface area (Å²) >= 11 is 0. The van der Waals surface area contributed by atoms with Crippen LogP contribution in [0.25, 0.3) is 0 Å². The largest absolute Gasteiger partial charge is 0.493 e. The molecule has 1 saturated heterocycles. The summed E-state index contributed by atoms with van der Waals surface area (Å²) in [4.78, 5) is 2.46. The number of rotatable bonds is 6. The fourth-order valence-electron chi connectivity index (χ4n) is 3.38. The Bertz CT molecular complexity index is 674. The molecule has 1 aliphatic rings. The molecule has 0 saturated carbocycles. The summed E-state index contributed by atoms with van der Waals surface area (Å²) in [5.41, 5.74) is 2.49. The Balaban J connectivity index is 1.72. The molecular formula is C18H25N3O3. The molecule has 1 aliphatic heterocycles. The third-order valence-corrected chi connectivity index (χ3v) is 4.60. The highest BCUT2D eigenvalue weighted by Crippen LogP contribution is 2.39. The van der Waals surface area contributed by atoms with E-state index in [0.29, 0.717) is 23.2 Å². The van der Waals surface area contributed by atoms with Crippen molar-refractivity contribution in [1.82, 2.24) is 14.7 Å². The van der Waals surface area contributed by atoms with Crippen molar-refractivity contribution in [3.63, 3.8) is 0 Å². The summed E-state index contributed by atoms with van der Waals surface area (Å²) in [6.07, 6.45) is 5.26. The van der Waals surface area contributed by atoms with Crippen molar-refractivity contribution in [2.75, 3.05) is 34.4 Å². The zero-order chi connectivity index (χ0) is 17.1. The van der Waals surface area contributed by atoms with Gasteiger partial charge in [0.05, 0.1) is 27.5 Å². The number of nitrogens with zero attached hydrogens (tertiary/aromatic N) is 3. The number of methoxy groups -OCH3 is 3. The normalized spacial score (nSPS) is 17.9. The molecule has 3 rings (SSSR count). The third kappa shape index (κ3) is 3.33. The molecule has 24 heavy (non-hydrogen) atoms. The molecule has 0 spiro atoms. The molecule has 1 aromatic carbocycles. The van der Waals surface area contributed by atoms with Gasteiger partial charge in [-0.2, -0.15) is 5.10 Å². The van der Waals surface area contributed by atoms with E-state index >= 15 is 0 Å². The molecule has 0 radical (unpaired) electrons. The second-order valence-corrected chi connectivity index (χ2v) is 6.20. The first kappa shape index (κ1) is 16.6. The predicted molar refractivity (Wildman–Crippen MR) is 91.9 cm³/mol. The van der Waals surface area contributed by atoms with Gasteiger partial charge in [-0.3, -0.25) is 9.58 Å². The third-order valence-electron chi connectivity index (χ3n) is 4.60. The SMILES string of the molecule is COc1cc(CN2CC[C@H](c3cnn(C)c3)C2)cc(OC)c1OC. The Kier molecular flexibility index (Phi) is 4.94. The van der Waals surface area contributed by atoms with E-state index in [-0.39, 0.29) is 0 Å². The van der Waals surface area contributed by atoms with E-state index in [1.165, 1.54) is 5.56 Å². The lowest BCUT2D eigenvalue weighted by molar-refractivity contribution is 0.312. The number of hydrogen-bond donors (Lipinski definition) is 0. The molecule has 0 N–H and O–H groups in total. The van der Waals surface area contributed by atoms with Gasteiger partial charge in [0.2, 0.25) is 5.75 Å². The second-order valence-electron chi connectivity index (χ2n) is 6.20. The molecule has 6 nitrogen and oxygen atoms in total. The molecule has 2 aromatic rings. The summed E-state index contributed by atoms with van der Waals surface area (Å²) < 4.78 is 18.1. The van der Waals surface area contributed by atoms with Gasteiger partial charge in [-0.15, -0.1) is 0 Å². The van der Waals surface area contributed by atoms with Gasteiger partial charge in [-0.25, -0.2) is 0 Å². The highest BCUT2D eigenvalue weighted by atomic mass is 16.5. The molecule has 1 fully saturated rings. The van der Waals surface area contributed by atoms with Crippen LogP contribution in [0.5, 0.6) is 17.2 Å². The van der Waals surface area contributed by atoms with Crippen LogP contribution >= 0.6 is 0 Å². The van der Waals surface area contributed by atoms with E-state index < -0.39 is 0 Å². The standard InChI is InChI=1S/C18H25N3O3/c1-20-11-15(9-19-20)14-5-6-21(12-14)10-13-7-16(22-2)18(24-4)17(8-13)23-3/h7-9,11,14H,5-6,10,12H2,1-4H3/t14-/m0/s1. The molecule has 0 bridgehead atoms. The topological polar surface area (TPSA) is 48.8 Å². The Labute approximate surface area is 142 Å². The zero-order valence-corrected chi connectivity index (χ0v) is 14.8. The maximum Gasteiger partial charge on any atom is 0.203 e. The van der Waals surface area contributed by atoms with E-state index in [2.05, 4.69) is 16.2 Å². The fourth-order valence-corrected chi connectivity index (χ4v) is 3.38. The molecule has 0 aliphatic carbocycles. The minimum atomic E-state index is 0.556. The summed E-state index contributed by atoms with van der Waals surface area (Å²) in [7, 11) is 6.88. The van der Waals surface area contributed by atoms with Gasteiger partial charge in [-0.1, -0.05) is 0 Å². The van der Waals surface area contributed by atoms with Crippen LogP contribution in [0.4, 0.5) is 0 Å². The Morgan fingerprint density at radius 3 is 2.38 bits per heavy atom. The molecule has 2 heterocycles. The lowest BCUT2D eigenvalue weighted by Gasteiger charge is -2.18. The highest BCUT2D eigenvalue weighted by Gasteiger charge is 2.25. The first-order chi connectivity index (χ1) is 11.6. The number of aromatic nitrogens is 2. The van der Waals surface area contributed by atoms with Crippen LogP contribution in [0.3, 0.4) is 0 Å². The van der Waals surface area contributed by atoms with Crippen molar-refractivity contribution in [3.05, 3.63) is 35.7 Å². The van der Waals surface area contributed by atoms with Crippen molar-refractivity contribution in [3.8, 4) is 17.2 Å². The van der Waals surface area contributed by atoms with Crippen molar-refractivity contribution in [2.45, 2.75) is 18.9 Å². The fraction of sp³-hybridized carbons (Fsp3) is 0.500. The minimum absolute atomic E-state index is 0.556. The molecule has 130 valence electrons. The van der Waals surface area contributed by atoms with Gasteiger partial charge in [-0.05, 0) is 36.2 Å². The van der Waals surface area contributed by atoms with Crippen LogP contribution < -0.4 is 14.2 Å². The number of benzene rings is 1. The van der Waals surface area contributed by atoms with Crippen LogP contribution in [0, 0.1) is 0 Å². The second kappa shape index (κ2) is 7.13. The van der Waals surface area contributed by atoms with E-state index in [0.717, 1.165) is 31.6 Å². The summed E-state index contributed by atoms with van der Waals surface area (Å²) in [6.45, 7) is 2.99. The Morgan fingerprint density at radius 2 is 1.83 bits per heavy atom. The molecule has 0 unspecified atom stereocenters. The van der Waals surface area contributed by atoms with Gasteiger partial charge in [0.1, 0.15) is 0 Å². The van der Waals surface area contributed by atoms with Crippen molar-refractivity contribution in [2.24, 2.45) is 7.05 Å². The summed E-state index contributed by atoms with van der Waals surface area (Å²) in [5.74, 6) is 2.60. The lowest BCUT2D eigenvalue weighted by atomic mass is 10.0. The van der Waals surface area contributed by atoms with E-state index in [4.69, 9.17) is 14.2 Å². The van der Waals surface area contributed by atoms with Crippen LogP contribution in [0.2, 0.25) is 0 Å². The molecule has 0 amide bonds. The van der Waals surface area contributed by atoms with Gasteiger partial charge < -0.3 is 14.2 Å². The minimum Gasteiger partial charge on any atom is -0.493 e. The van der Waals surface area contributed by atoms with Crippen molar-refractivity contribution in [1.29, 1.82) is 0 Å². The van der Waals surface area contributed by atoms with Crippen molar-refractivity contribution < 1.29 is 14.2 Å². The first-order valence-electron chi connectivity index (χ1n) is 8.14. The summed E-state index contributed by atoms with van der Waals surface area (Å²) in [5, 5.41) is 4.29. The zero-order valence-electron chi connectivity index (χ0n) is 14.8. The van der Waals surface area contributed by atoms with E-state index in [1.54, 1.807) is 21.3 Å². The predicted octanol–water partition coefficient (Wildman–Crippen LogP) is 2.44. The number of aryl methyl sites for hydroxylation is 1. The molecule has 1 aromatic heterocycles. The van der Waals surface area contributed by atoms with Crippen LogP contribution in [-0.4, -0.2) is 49.1 Å². The Morgan fingerprint density at radius 1 is 1.12 bits per heavy atom. The van der Waals surface area contributed by atoms with Gasteiger partial charge in [0, 0.05) is 32.3 Å². The van der Waals surface area contributed by atoms with Gasteiger partial charge in [0.25, 0.3) is 0 Å². The lowest BCUT2D eigenvalue weighted by Crippen LogP contribution is -2.19. The van der Waals surface area contributed by atoms with Crippen LogP contribution in [0.1, 0.15) is 23.5 Å². The highest BCUT2D eigenvalue weighted by molar-refractivity contribution is 5.53. The number of likely N-dealkylation sites (tertiary alicyclic amines) is 1. The number of ether oxygens (including phenoxy) is 3. The molecular weight excluding hydrogens is 306 g/mol. The average Bonchev–Trinajstić information content (AvgIpc) is 3.22. The molecule has 6 heteroatoms. The average molecular weight is 331 g/mol. The first-order valence-corrected chi connectivity index (χ1v) is 8.14. The smallest absolute Gasteiger partial charge is 0.203 e. The maximum atomic E-state index is 5.44. The van der Waals surface area contributed by atoms with Gasteiger partial charge >= 0.3 is 0 Å². The number of hydrogen-bond acceptors (Lipinski definition) is 5. The summed E-state index contributed by atoms with van der Waals surface area (Å²) in [6, 6.07) is 4.05. The van der Waals surface area contributed by atoms with Gasteiger partial charge in [0.15, 0.2) is 11.5 Å². The maximum absolute atomic E-state index is 5.44. The quantitative estimate of drug-likeness (QED) is 0.814. The molecule has 1 atom stereocenters. The van der Waals surface area contributed by atoms with E-state index in [1.807, 2.05) is 30.1 Å².